The van der Waals surface area contributed by atoms with Crippen molar-refractivity contribution in [3.05, 3.63) is 75.8 Å². The molecular formula is C17H12ClFN4S. The Morgan fingerprint density at radius 1 is 1.17 bits per heavy atom. The molecule has 4 nitrogen and oxygen atoms in total. The third-order valence-electron chi connectivity index (χ3n) is 3.15. The number of nitrogens with zero attached hydrogens (tertiary/aromatic N) is 3. The summed E-state index contributed by atoms with van der Waals surface area (Å²) < 4.78 is 14.8. The first-order chi connectivity index (χ1) is 11.6. The maximum Gasteiger partial charge on any atom is 0.216 e. The number of hydrogen-bond donors (Lipinski definition) is 1. The largest absolute Gasteiger partial charge is 0.250 e. The molecule has 3 aromatic rings. The number of aromatic nitrogens is 3. The summed E-state index contributed by atoms with van der Waals surface area (Å²) in [5, 5.41) is 11.5. The zero-order valence-electron chi connectivity index (χ0n) is 12.4. The fourth-order valence-corrected chi connectivity index (χ4v) is 2.39. The average Bonchev–Trinajstić information content (AvgIpc) is 2.95. The lowest BCUT2D eigenvalue weighted by atomic mass is 10.2. The molecule has 0 amide bonds. The van der Waals surface area contributed by atoms with Crippen LogP contribution in [0.5, 0.6) is 0 Å². The molecule has 120 valence electrons. The molecule has 0 radical (unpaired) electrons. The second kappa shape index (κ2) is 7.33. The normalized spacial score (nSPS) is 12.0. The molecule has 1 N–H and O–H groups in total. The number of allylic oxidation sites excluding steroid dienone is 1. The molecule has 0 fully saturated rings. The van der Waals surface area contributed by atoms with E-state index in [4.69, 9.17) is 23.8 Å². The number of benzene rings is 2. The second-order valence-electron chi connectivity index (χ2n) is 4.86. The Kier molecular flexibility index (Phi) is 4.98. The number of halogens is 2. The molecule has 0 saturated carbocycles. The summed E-state index contributed by atoms with van der Waals surface area (Å²) in [4.78, 5) is 0. The van der Waals surface area contributed by atoms with E-state index in [1.54, 1.807) is 18.2 Å². The molecule has 0 saturated heterocycles. The molecule has 0 unspecified atom stereocenters. The van der Waals surface area contributed by atoms with Crippen LogP contribution in [0, 0.1) is 10.6 Å². The lowest BCUT2D eigenvalue weighted by Crippen LogP contribution is -1.94. The third kappa shape index (κ3) is 3.84. The summed E-state index contributed by atoms with van der Waals surface area (Å²) in [6.45, 7) is 0. The van der Waals surface area contributed by atoms with Gasteiger partial charge in [-0.15, -0.1) is 0 Å². The minimum Gasteiger partial charge on any atom is -0.250 e. The predicted molar refractivity (Wildman–Crippen MR) is 97.0 cm³/mol. The first-order valence-electron chi connectivity index (χ1n) is 7.03. The van der Waals surface area contributed by atoms with Crippen molar-refractivity contribution in [2.24, 2.45) is 5.10 Å². The molecule has 0 bridgehead atoms. The summed E-state index contributed by atoms with van der Waals surface area (Å²) in [6, 6.07) is 15.6. The van der Waals surface area contributed by atoms with E-state index in [2.05, 4.69) is 15.3 Å². The van der Waals surface area contributed by atoms with Crippen molar-refractivity contribution in [1.82, 2.24) is 14.9 Å². The van der Waals surface area contributed by atoms with Crippen LogP contribution in [0.1, 0.15) is 5.56 Å². The van der Waals surface area contributed by atoms with Gasteiger partial charge in [0.25, 0.3) is 0 Å². The van der Waals surface area contributed by atoms with Crippen LogP contribution in [-0.4, -0.2) is 21.1 Å². The van der Waals surface area contributed by atoms with Crippen molar-refractivity contribution >= 4 is 36.1 Å². The SMILES string of the molecule is Fc1ccc(-c2n[nH]c(=S)n2N=CC(Cl)=Cc2ccccc2)cc1. The van der Waals surface area contributed by atoms with E-state index in [1.165, 1.54) is 23.0 Å². The van der Waals surface area contributed by atoms with Crippen molar-refractivity contribution in [1.29, 1.82) is 0 Å². The molecule has 7 heteroatoms. The van der Waals surface area contributed by atoms with Gasteiger partial charge in [-0.25, -0.2) is 9.49 Å². The molecule has 0 atom stereocenters. The van der Waals surface area contributed by atoms with E-state index in [0.717, 1.165) is 5.56 Å². The van der Waals surface area contributed by atoms with Gasteiger partial charge < -0.3 is 0 Å². The molecule has 0 aliphatic heterocycles. The molecule has 24 heavy (non-hydrogen) atoms. The average molecular weight is 359 g/mol. The van der Waals surface area contributed by atoms with Crippen molar-refractivity contribution in [3.8, 4) is 11.4 Å². The van der Waals surface area contributed by atoms with Crippen LogP contribution in [0.15, 0.2) is 64.7 Å². The number of hydrogen-bond acceptors (Lipinski definition) is 3. The Bertz CT molecular complexity index is 943. The minimum absolute atomic E-state index is 0.315. The maximum atomic E-state index is 13.1. The molecule has 0 spiro atoms. The van der Waals surface area contributed by atoms with Gasteiger partial charge in [-0.2, -0.15) is 14.9 Å². The molecule has 2 aromatic carbocycles. The fourth-order valence-electron chi connectivity index (χ4n) is 2.04. The lowest BCUT2D eigenvalue weighted by Gasteiger charge is -2.00. The minimum atomic E-state index is -0.322. The van der Waals surface area contributed by atoms with Gasteiger partial charge in [0.2, 0.25) is 4.77 Å². The Balaban J connectivity index is 1.90. The molecule has 3 rings (SSSR count). The highest BCUT2D eigenvalue weighted by atomic mass is 35.5. The number of rotatable bonds is 4. The molecule has 0 aliphatic carbocycles. The summed E-state index contributed by atoms with van der Waals surface area (Å²) in [7, 11) is 0. The lowest BCUT2D eigenvalue weighted by molar-refractivity contribution is 0.628. The Morgan fingerprint density at radius 2 is 1.88 bits per heavy atom. The summed E-state index contributed by atoms with van der Waals surface area (Å²) >= 11 is 11.4. The van der Waals surface area contributed by atoms with Crippen LogP contribution in [0.4, 0.5) is 4.39 Å². The van der Waals surface area contributed by atoms with Gasteiger partial charge in [0.15, 0.2) is 5.82 Å². The van der Waals surface area contributed by atoms with Crippen LogP contribution >= 0.6 is 23.8 Å². The number of aromatic amines is 1. The maximum absolute atomic E-state index is 13.1. The number of nitrogens with one attached hydrogen (secondary N) is 1. The zero-order chi connectivity index (χ0) is 16.9. The van der Waals surface area contributed by atoms with Gasteiger partial charge in [0, 0.05) is 5.56 Å². The van der Waals surface area contributed by atoms with Gasteiger partial charge in [0.05, 0.1) is 11.2 Å². The Labute approximate surface area is 147 Å². The molecule has 1 aromatic heterocycles. The third-order valence-corrected chi connectivity index (χ3v) is 3.62. The van der Waals surface area contributed by atoms with Gasteiger partial charge in [-0.05, 0) is 48.1 Å². The molecule has 1 heterocycles. The first kappa shape index (κ1) is 16.3. The quantitative estimate of drug-likeness (QED) is 0.534. The zero-order valence-corrected chi connectivity index (χ0v) is 13.9. The van der Waals surface area contributed by atoms with Gasteiger partial charge in [-0.1, -0.05) is 41.9 Å². The molecular weight excluding hydrogens is 347 g/mol. The smallest absolute Gasteiger partial charge is 0.216 e. The second-order valence-corrected chi connectivity index (χ2v) is 5.68. The predicted octanol–water partition coefficient (Wildman–Crippen LogP) is 4.86. The van der Waals surface area contributed by atoms with Gasteiger partial charge in [0.1, 0.15) is 5.82 Å². The van der Waals surface area contributed by atoms with E-state index in [0.29, 0.717) is 21.2 Å². The van der Waals surface area contributed by atoms with Crippen molar-refractivity contribution in [3.63, 3.8) is 0 Å². The highest BCUT2D eigenvalue weighted by Gasteiger charge is 2.08. The van der Waals surface area contributed by atoms with Crippen LogP contribution in [0.25, 0.3) is 17.5 Å². The van der Waals surface area contributed by atoms with E-state index >= 15 is 0 Å². The standard InChI is InChI=1S/C17H12ClFN4S/c18-14(10-12-4-2-1-3-5-12)11-20-23-16(21-22-17(23)24)13-6-8-15(19)9-7-13/h1-11H,(H,22,24). The highest BCUT2D eigenvalue weighted by Crippen LogP contribution is 2.18. The van der Waals surface area contributed by atoms with Crippen LogP contribution in [-0.2, 0) is 0 Å². The fraction of sp³-hybridized carbons (Fsp3) is 0. The number of H-pyrrole nitrogens is 1. The monoisotopic (exact) mass is 358 g/mol. The van der Waals surface area contributed by atoms with Gasteiger partial charge in [-0.3, -0.25) is 0 Å². The van der Waals surface area contributed by atoms with Crippen molar-refractivity contribution < 1.29 is 4.39 Å². The van der Waals surface area contributed by atoms with E-state index in [1.807, 2.05) is 30.3 Å². The topological polar surface area (TPSA) is 46.0 Å². The van der Waals surface area contributed by atoms with Crippen LogP contribution in [0.2, 0.25) is 0 Å². The van der Waals surface area contributed by atoms with Crippen LogP contribution in [0.3, 0.4) is 0 Å². The van der Waals surface area contributed by atoms with Crippen molar-refractivity contribution in [2.45, 2.75) is 0 Å². The first-order valence-corrected chi connectivity index (χ1v) is 7.82. The Morgan fingerprint density at radius 3 is 2.58 bits per heavy atom. The summed E-state index contributed by atoms with van der Waals surface area (Å²) in [5.74, 6) is 0.150. The van der Waals surface area contributed by atoms with Crippen molar-refractivity contribution in [2.75, 3.05) is 0 Å². The van der Waals surface area contributed by atoms with E-state index < -0.39 is 0 Å². The van der Waals surface area contributed by atoms with E-state index in [9.17, 15) is 4.39 Å². The molecule has 0 aliphatic rings. The highest BCUT2D eigenvalue weighted by molar-refractivity contribution is 7.71. The van der Waals surface area contributed by atoms with E-state index in [-0.39, 0.29) is 5.82 Å². The van der Waals surface area contributed by atoms with Gasteiger partial charge >= 0.3 is 0 Å². The summed E-state index contributed by atoms with van der Waals surface area (Å²) in [6.07, 6.45) is 3.26. The van der Waals surface area contributed by atoms with Crippen LogP contribution < -0.4 is 0 Å². The Hall–Kier alpha value is -2.57. The summed E-state index contributed by atoms with van der Waals surface area (Å²) in [5.41, 5.74) is 1.65.